The molecular formula is C12H18N2O2. The zero-order valence-electron chi connectivity index (χ0n) is 9.99. The number of nitrogens with zero attached hydrogens (tertiary/aromatic N) is 1. The standard InChI is InChI=1S/C12H18N2O2/c1-4-14(2)12(15)13-11-7-5-6-10(8-11)9-16-3/h5-8H,4,9H2,1-3H3,(H,13,15). The van der Waals surface area contributed by atoms with Crippen molar-refractivity contribution in [3.63, 3.8) is 0 Å². The first kappa shape index (κ1) is 12.5. The number of benzene rings is 1. The summed E-state index contributed by atoms with van der Waals surface area (Å²) in [5.74, 6) is 0. The van der Waals surface area contributed by atoms with Gasteiger partial charge in [-0.25, -0.2) is 4.79 Å². The Kier molecular flexibility index (Phi) is 4.79. The van der Waals surface area contributed by atoms with Crippen LogP contribution in [-0.2, 0) is 11.3 Å². The summed E-state index contributed by atoms with van der Waals surface area (Å²) in [4.78, 5) is 13.2. The average molecular weight is 222 g/mol. The van der Waals surface area contributed by atoms with Crippen LogP contribution in [0.1, 0.15) is 12.5 Å². The monoisotopic (exact) mass is 222 g/mol. The lowest BCUT2D eigenvalue weighted by Crippen LogP contribution is -2.30. The molecule has 2 amide bonds. The number of hydrogen-bond acceptors (Lipinski definition) is 2. The van der Waals surface area contributed by atoms with Crippen molar-refractivity contribution in [3.05, 3.63) is 29.8 Å². The number of hydrogen-bond donors (Lipinski definition) is 1. The van der Waals surface area contributed by atoms with Crippen molar-refractivity contribution >= 4 is 11.7 Å². The lowest BCUT2D eigenvalue weighted by molar-refractivity contribution is 0.185. The molecule has 0 fully saturated rings. The third kappa shape index (κ3) is 3.55. The van der Waals surface area contributed by atoms with Gasteiger partial charge in [-0.3, -0.25) is 0 Å². The van der Waals surface area contributed by atoms with E-state index in [1.807, 2.05) is 31.2 Å². The second-order valence-electron chi connectivity index (χ2n) is 3.58. The van der Waals surface area contributed by atoms with Crippen LogP contribution in [0.3, 0.4) is 0 Å². The van der Waals surface area contributed by atoms with E-state index in [0.29, 0.717) is 13.2 Å². The van der Waals surface area contributed by atoms with Gasteiger partial charge in [0, 0.05) is 26.4 Å². The summed E-state index contributed by atoms with van der Waals surface area (Å²) in [5.41, 5.74) is 1.83. The van der Waals surface area contributed by atoms with Crippen LogP contribution in [0.5, 0.6) is 0 Å². The van der Waals surface area contributed by atoms with Crippen LogP contribution in [0.4, 0.5) is 10.5 Å². The lowest BCUT2D eigenvalue weighted by atomic mass is 10.2. The Hall–Kier alpha value is -1.55. The van der Waals surface area contributed by atoms with Crippen molar-refractivity contribution in [2.24, 2.45) is 0 Å². The molecule has 1 aromatic rings. The smallest absolute Gasteiger partial charge is 0.321 e. The number of carbonyl (C=O) groups is 1. The fraction of sp³-hybridized carbons (Fsp3) is 0.417. The molecule has 0 aliphatic rings. The van der Waals surface area contributed by atoms with Crippen LogP contribution in [0.15, 0.2) is 24.3 Å². The fourth-order valence-electron chi connectivity index (χ4n) is 1.27. The highest BCUT2D eigenvalue weighted by atomic mass is 16.5. The Balaban J connectivity index is 2.66. The SMILES string of the molecule is CCN(C)C(=O)Nc1cccc(COC)c1. The summed E-state index contributed by atoms with van der Waals surface area (Å²) in [7, 11) is 3.41. The minimum atomic E-state index is -0.0999. The van der Waals surface area contributed by atoms with Crippen molar-refractivity contribution in [2.45, 2.75) is 13.5 Å². The van der Waals surface area contributed by atoms with E-state index in [9.17, 15) is 4.79 Å². The van der Waals surface area contributed by atoms with E-state index in [2.05, 4.69) is 5.32 Å². The quantitative estimate of drug-likeness (QED) is 0.849. The van der Waals surface area contributed by atoms with Crippen molar-refractivity contribution in [3.8, 4) is 0 Å². The Bertz CT molecular complexity index is 353. The van der Waals surface area contributed by atoms with Crippen LogP contribution in [0, 0.1) is 0 Å². The van der Waals surface area contributed by atoms with Crippen LogP contribution < -0.4 is 5.32 Å². The van der Waals surface area contributed by atoms with Crippen molar-refractivity contribution in [2.75, 3.05) is 26.0 Å². The molecule has 0 aliphatic carbocycles. The van der Waals surface area contributed by atoms with Gasteiger partial charge in [0.15, 0.2) is 0 Å². The van der Waals surface area contributed by atoms with E-state index in [0.717, 1.165) is 11.3 Å². The third-order valence-electron chi connectivity index (χ3n) is 2.31. The molecule has 0 heterocycles. The van der Waals surface area contributed by atoms with E-state index in [4.69, 9.17) is 4.74 Å². The van der Waals surface area contributed by atoms with Gasteiger partial charge in [0.1, 0.15) is 0 Å². The number of ether oxygens (including phenoxy) is 1. The van der Waals surface area contributed by atoms with Gasteiger partial charge in [0.05, 0.1) is 6.61 Å². The Morgan fingerprint density at radius 3 is 2.88 bits per heavy atom. The number of anilines is 1. The Morgan fingerprint density at radius 1 is 1.50 bits per heavy atom. The van der Waals surface area contributed by atoms with Gasteiger partial charge < -0.3 is 15.0 Å². The highest BCUT2D eigenvalue weighted by Gasteiger charge is 2.06. The first-order chi connectivity index (χ1) is 7.67. The van der Waals surface area contributed by atoms with Gasteiger partial charge in [0.25, 0.3) is 0 Å². The van der Waals surface area contributed by atoms with Gasteiger partial charge in [-0.15, -0.1) is 0 Å². The molecule has 0 atom stereocenters. The number of nitrogens with one attached hydrogen (secondary N) is 1. The summed E-state index contributed by atoms with van der Waals surface area (Å²) < 4.78 is 5.03. The van der Waals surface area contributed by atoms with Crippen molar-refractivity contribution in [1.82, 2.24) is 4.90 Å². The highest BCUT2D eigenvalue weighted by molar-refractivity contribution is 5.89. The van der Waals surface area contributed by atoms with Crippen LogP contribution >= 0.6 is 0 Å². The minimum absolute atomic E-state index is 0.0999. The molecule has 0 radical (unpaired) electrons. The van der Waals surface area contributed by atoms with Gasteiger partial charge in [-0.1, -0.05) is 12.1 Å². The molecule has 0 spiro atoms. The summed E-state index contributed by atoms with van der Waals surface area (Å²) >= 11 is 0. The number of rotatable bonds is 4. The van der Waals surface area contributed by atoms with E-state index < -0.39 is 0 Å². The van der Waals surface area contributed by atoms with Crippen LogP contribution in [0.25, 0.3) is 0 Å². The third-order valence-corrected chi connectivity index (χ3v) is 2.31. The molecule has 88 valence electrons. The molecule has 0 saturated heterocycles. The predicted molar refractivity (Wildman–Crippen MR) is 64.5 cm³/mol. The van der Waals surface area contributed by atoms with Crippen molar-refractivity contribution in [1.29, 1.82) is 0 Å². The maximum Gasteiger partial charge on any atom is 0.321 e. The molecule has 0 saturated carbocycles. The molecule has 4 nitrogen and oxygen atoms in total. The number of amides is 2. The number of methoxy groups -OCH3 is 1. The predicted octanol–water partition coefficient (Wildman–Crippen LogP) is 2.32. The normalized spacial score (nSPS) is 9.94. The molecule has 1 rings (SSSR count). The second-order valence-corrected chi connectivity index (χ2v) is 3.58. The van der Waals surface area contributed by atoms with E-state index >= 15 is 0 Å². The molecule has 0 aliphatic heterocycles. The minimum Gasteiger partial charge on any atom is -0.380 e. The summed E-state index contributed by atoms with van der Waals surface area (Å²) in [6.07, 6.45) is 0. The zero-order chi connectivity index (χ0) is 12.0. The number of urea groups is 1. The van der Waals surface area contributed by atoms with E-state index in [1.54, 1.807) is 19.1 Å². The van der Waals surface area contributed by atoms with E-state index in [-0.39, 0.29) is 6.03 Å². The Labute approximate surface area is 96.2 Å². The van der Waals surface area contributed by atoms with Gasteiger partial charge >= 0.3 is 6.03 Å². The summed E-state index contributed by atoms with van der Waals surface area (Å²) in [6, 6.07) is 7.53. The summed E-state index contributed by atoms with van der Waals surface area (Å²) in [6.45, 7) is 3.16. The first-order valence-corrected chi connectivity index (χ1v) is 5.27. The highest BCUT2D eigenvalue weighted by Crippen LogP contribution is 2.11. The maximum absolute atomic E-state index is 11.6. The van der Waals surface area contributed by atoms with E-state index in [1.165, 1.54) is 0 Å². The molecule has 1 aromatic carbocycles. The van der Waals surface area contributed by atoms with Crippen molar-refractivity contribution < 1.29 is 9.53 Å². The van der Waals surface area contributed by atoms with Gasteiger partial charge in [0.2, 0.25) is 0 Å². The molecule has 4 heteroatoms. The van der Waals surface area contributed by atoms with Crippen LogP contribution in [0.2, 0.25) is 0 Å². The fourth-order valence-corrected chi connectivity index (χ4v) is 1.27. The van der Waals surface area contributed by atoms with Crippen LogP contribution in [-0.4, -0.2) is 31.6 Å². The molecule has 16 heavy (non-hydrogen) atoms. The molecule has 1 N–H and O–H groups in total. The average Bonchev–Trinajstić information content (AvgIpc) is 2.29. The topological polar surface area (TPSA) is 41.6 Å². The second kappa shape index (κ2) is 6.12. The largest absolute Gasteiger partial charge is 0.380 e. The zero-order valence-corrected chi connectivity index (χ0v) is 9.99. The molecule has 0 bridgehead atoms. The maximum atomic E-state index is 11.6. The lowest BCUT2D eigenvalue weighted by Gasteiger charge is -2.15. The molecular weight excluding hydrogens is 204 g/mol. The first-order valence-electron chi connectivity index (χ1n) is 5.27. The van der Waals surface area contributed by atoms with Gasteiger partial charge in [-0.05, 0) is 24.6 Å². The summed E-state index contributed by atoms with van der Waals surface area (Å²) in [5, 5.41) is 2.82. The number of carbonyl (C=O) groups excluding carboxylic acids is 1. The Morgan fingerprint density at radius 2 is 2.25 bits per heavy atom. The molecule has 0 aromatic heterocycles. The van der Waals surface area contributed by atoms with Gasteiger partial charge in [-0.2, -0.15) is 0 Å². The molecule has 0 unspecified atom stereocenters.